The molecule has 4 heteroatoms. The van der Waals surface area contributed by atoms with Crippen LogP contribution in [0.15, 0.2) is 266 Å². The Morgan fingerprint density at radius 2 is 0.747 bits per heavy atom. The molecule has 0 bridgehead atoms. The highest BCUT2D eigenvalue weighted by molar-refractivity contribution is 6.29. The summed E-state index contributed by atoms with van der Waals surface area (Å²) in [6.45, 7) is 0. The van der Waals surface area contributed by atoms with Crippen molar-refractivity contribution in [3.63, 3.8) is 0 Å². The van der Waals surface area contributed by atoms with E-state index in [1.807, 2.05) is 22.6 Å². The molecule has 0 saturated heterocycles. The fraction of sp³-hybridized carbons (Fsp3) is 0. The van der Waals surface area contributed by atoms with E-state index in [1.54, 1.807) is 0 Å². The first-order chi connectivity index (χ1) is 37.2. The maximum Gasteiger partial charge on any atom is 0.263 e. The molecule has 12 aromatic carbocycles. The van der Waals surface area contributed by atoms with Crippen molar-refractivity contribution in [1.29, 1.82) is 0 Å². The van der Waals surface area contributed by atoms with E-state index in [0.717, 1.165) is 93.8 Å². The summed E-state index contributed by atoms with van der Waals surface area (Å²) < 4.78 is 6.88. The maximum absolute atomic E-state index is 14.8. The van der Waals surface area contributed by atoms with Crippen LogP contribution in [-0.4, -0.2) is 13.5 Å². The zero-order valence-electron chi connectivity index (χ0n) is 40.6. The standard InChI is InChI=1S/C71H43N3O/c75-71-57-29-10-8-27-53(57)55-32-17-33-56-61-43-49(42-60(70(61)74(71)69(55)56)48-23-15-20-45(40-48)44-18-3-1-4-19-44)46-21-16-22-47(41-46)51-36-37-64(54-28-9-7-26-52(51)54)73-63-35-14-12-31-59(63)68-66(73)39-38-65-67(68)58-30-11-13-34-62(58)72(65)50-24-5-2-6-25-50/h1-43H. The first kappa shape index (κ1) is 41.6. The number of fused-ring (bicyclic) bond motifs is 13. The quantitative estimate of drug-likeness (QED) is 0.153. The Morgan fingerprint density at radius 1 is 0.253 bits per heavy atom. The molecule has 0 aliphatic heterocycles. The highest BCUT2D eigenvalue weighted by Crippen LogP contribution is 2.46. The summed E-state index contributed by atoms with van der Waals surface area (Å²) in [7, 11) is 0. The van der Waals surface area contributed by atoms with Crippen LogP contribution in [0.3, 0.4) is 0 Å². The molecule has 16 aromatic rings. The normalized spacial score (nSPS) is 12.1. The lowest BCUT2D eigenvalue weighted by atomic mass is 9.91. The molecule has 0 aliphatic carbocycles. The first-order valence-electron chi connectivity index (χ1n) is 25.7. The second kappa shape index (κ2) is 16.0. The van der Waals surface area contributed by atoms with Crippen molar-refractivity contribution >= 4 is 92.3 Å². The first-order valence-corrected chi connectivity index (χ1v) is 25.7. The molecular formula is C71H43N3O. The summed E-state index contributed by atoms with van der Waals surface area (Å²) in [6.07, 6.45) is 0. The highest BCUT2D eigenvalue weighted by Gasteiger charge is 2.24. The largest absolute Gasteiger partial charge is 0.309 e. The van der Waals surface area contributed by atoms with Crippen molar-refractivity contribution in [3.05, 3.63) is 271 Å². The molecule has 4 nitrogen and oxygen atoms in total. The van der Waals surface area contributed by atoms with Crippen molar-refractivity contribution in [2.24, 2.45) is 0 Å². The number of hydrogen-bond donors (Lipinski definition) is 0. The van der Waals surface area contributed by atoms with Crippen molar-refractivity contribution in [3.8, 4) is 55.9 Å². The minimum Gasteiger partial charge on any atom is -0.309 e. The minimum absolute atomic E-state index is 0.000289. The van der Waals surface area contributed by atoms with Gasteiger partial charge in [-0.1, -0.05) is 188 Å². The van der Waals surface area contributed by atoms with Gasteiger partial charge >= 0.3 is 0 Å². The molecular weight excluding hydrogens is 911 g/mol. The van der Waals surface area contributed by atoms with Crippen molar-refractivity contribution in [1.82, 2.24) is 13.5 Å². The SMILES string of the molecule is O=c1c2ccccc2c2cccc3c4cc(-c5cccc(-c6ccc(-n7c8ccccc8c8c9c%10ccccc%10n(-c%10ccccc%10)c9ccc87)c7ccccc67)c5)cc(-c5cccc(-c6ccccc6)c5)c4n1c23. The third-order valence-electron chi connectivity index (χ3n) is 15.9. The number of nitrogens with zero attached hydrogens (tertiary/aromatic N) is 3. The number of pyridine rings is 1. The van der Waals surface area contributed by atoms with Crippen LogP contribution in [0.5, 0.6) is 0 Å². The minimum atomic E-state index is -0.000289. The van der Waals surface area contributed by atoms with Crippen molar-refractivity contribution in [2.45, 2.75) is 0 Å². The smallest absolute Gasteiger partial charge is 0.263 e. The van der Waals surface area contributed by atoms with E-state index in [9.17, 15) is 4.79 Å². The third-order valence-corrected chi connectivity index (χ3v) is 15.9. The lowest BCUT2D eigenvalue weighted by molar-refractivity contribution is 1.18. The van der Waals surface area contributed by atoms with Crippen LogP contribution in [-0.2, 0) is 0 Å². The van der Waals surface area contributed by atoms with E-state index in [4.69, 9.17) is 0 Å². The van der Waals surface area contributed by atoms with E-state index in [-0.39, 0.29) is 5.56 Å². The van der Waals surface area contributed by atoms with Gasteiger partial charge in [0.05, 0.1) is 38.8 Å². The second-order valence-electron chi connectivity index (χ2n) is 19.9. The summed E-state index contributed by atoms with van der Waals surface area (Å²) in [5, 5.41) is 12.2. The summed E-state index contributed by atoms with van der Waals surface area (Å²) >= 11 is 0. The number of benzene rings is 12. The van der Waals surface area contributed by atoms with Crippen LogP contribution in [0, 0.1) is 0 Å². The van der Waals surface area contributed by atoms with Gasteiger partial charge in [0, 0.05) is 59.7 Å². The van der Waals surface area contributed by atoms with Gasteiger partial charge in [-0.15, -0.1) is 0 Å². The fourth-order valence-electron chi connectivity index (χ4n) is 12.8. The lowest BCUT2D eigenvalue weighted by Crippen LogP contribution is -2.13. The number of para-hydroxylation sites is 4. The molecule has 348 valence electrons. The van der Waals surface area contributed by atoms with E-state index < -0.39 is 0 Å². The Balaban J connectivity index is 0.901. The molecule has 0 amide bonds. The van der Waals surface area contributed by atoms with Crippen LogP contribution in [0.1, 0.15) is 0 Å². The van der Waals surface area contributed by atoms with Gasteiger partial charge in [-0.05, 0) is 123 Å². The van der Waals surface area contributed by atoms with Crippen LogP contribution in [0.25, 0.3) is 148 Å². The second-order valence-corrected chi connectivity index (χ2v) is 19.9. The number of hydrogen-bond acceptors (Lipinski definition) is 1. The lowest BCUT2D eigenvalue weighted by Gasteiger charge is -2.16. The van der Waals surface area contributed by atoms with Gasteiger partial charge < -0.3 is 9.13 Å². The van der Waals surface area contributed by atoms with E-state index >= 15 is 0 Å². The fourth-order valence-corrected chi connectivity index (χ4v) is 12.8. The van der Waals surface area contributed by atoms with Crippen LogP contribution >= 0.6 is 0 Å². The Bertz CT molecular complexity index is 5080. The van der Waals surface area contributed by atoms with Crippen LogP contribution in [0.4, 0.5) is 0 Å². The zero-order valence-corrected chi connectivity index (χ0v) is 40.6. The Hall–Kier alpha value is -10.0. The van der Waals surface area contributed by atoms with E-state index in [2.05, 4.69) is 252 Å². The molecule has 75 heavy (non-hydrogen) atoms. The third kappa shape index (κ3) is 6.02. The summed E-state index contributed by atoms with van der Waals surface area (Å²) in [5.41, 5.74) is 17.7. The average Bonchev–Trinajstić information content (AvgIpc) is 4.13. The molecule has 0 fully saturated rings. The molecule has 0 aliphatic rings. The average molecular weight is 954 g/mol. The molecule has 0 radical (unpaired) electrons. The summed E-state index contributed by atoms with van der Waals surface area (Å²) in [4.78, 5) is 14.8. The van der Waals surface area contributed by atoms with Gasteiger partial charge in [-0.25, -0.2) is 0 Å². The number of rotatable bonds is 6. The summed E-state index contributed by atoms with van der Waals surface area (Å²) in [6, 6.07) is 94.0. The van der Waals surface area contributed by atoms with Gasteiger partial charge in [0.15, 0.2) is 0 Å². The van der Waals surface area contributed by atoms with Crippen molar-refractivity contribution < 1.29 is 0 Å². The molecule has 0 atom stereocenters. The van der Waals surface area contributed by atoms with Gasteiger partial charge in [0.1, 0.15) is 0 Å². The van der Waals surface area contributed by atoms with Gasteiger partial charge in [0.25, 0.3) is 5.56 Å². The van der Waals surface area contributed by atoms with Gasteiger partial charge in [-0.2, -0.15) is 0 Å². The summed E-state index contributed by atoms with van der Waals surface area (Å²) in [5.74, 6) is 0. The predicted octanol–water partition coefficient (Wildman–Crippen LogP) is 18.2. The van der Waals surface area contributed by atoms with Gasteiger partial charge in [-0.3, -0.25) is 9.20 Å². The Kier molecular flexibility index (Phi) is 8.86. The van der Waals surface area contributed by atoms with E-state index in [1.165, 1.54) is 54.4 Å². The van der Waals surface area contributed by atoms with Crippen molar-refractivity contribution in [2.75, 3.05) is 0 Å². The zero-order chi connectivity index (χ0) is 49.3. The van der Waals surface area contributed by atoms with Crippen LogP contribution in [0.2, 0.25) is 0 Å². The van der Waals surface area contributed by atoms with E-state index in [0.29, 0.717) is 0 Å². The molecule has 0 N–H and O–H groups in total. The highest BCUT2D eigenvalue weighted by atomic mass is 16.1. The molecule has 16 rings (SSSR count). The molecule has 0 spiro atoms. The van der Waals surface area contributed by atoms with Gasteiger partial charge in [0.2, 0.25) is 0 Å². The Labute approximate surface area is 430 Å². The molecule has 0 saturated carbocycles. The predicted molar refractivity (Wildman–Crippen MR) is 315 cm³/mol. The topological polar surface area (TPSA) is 31.3 Å². The molecule has 4 heterocycles. The monoisotopic (exact) mass is 953 g/mol. The Morgan fingerprint density at radius 3 is 1.45 bits per heavy atom. The van der Waals surface area contributed by atoms with Crippen LogP contribution < -0.4 is 5.56 Å². The number of aromatic nitrogens is 3. The molecule has 4 aromatic heterocycles. The molecule has 0 unspecified atom stereocenters. The maximum atomic E-state index is 14.8.